The van der Waals surface area contributed by atoms with Gasteiger partial charge in [0.1, 0.15) is 12.2 Å². The average molecular weight is 588 g/mol. The molecule has 4 aliphatic carbocycles. The summed E-state index contributed by atoms with van der Waals surface area (Å²) < 4.78 is 5.96. The molecule has 9 heteroatoms. The Morgan fingerprint density at radius 2 is 2.05 bits per heavy atom. The normalized spacial score (nSPS) is 39.7. The predicted octanol–water partition coefficient (Wildman–Crippen LogP) is 4.70. The van der Waals surface area contributed by atoms with E-state index in [9.17, 15) is 29.9 Å². The Labute approximate surface area is 230 Å². The molecule has 3 fully saturated rings. The van der Waals surface area contributed by atoms with Gasteiger partial charge in [0.05, 0.1) is 27.7 Å². The summed E-state index contributed by atoms with van der Waals surface area (Å²) in [7, 11) is 0. The maximum absolute atomic E-state index is 13.5. The van der Waals surface area contributed by atoms with Gasteiger partial charge >= 0.3 is 0 Å². The molecular weight excluding hydrogens is 554 g/mol. The maximum atomic E-state index is 13.5. The lowest BCUT2D eigenvalue weighted by molar-refractivity contribution is -0.386. The number of aliphatic hydroxyl groups is 2. The van der Waals surface area contributed by atoms with Gasteiger partial charge in [-0.05, 0) is 83.7 Å². The molecule has 0 spiro atoms. The summed E-state index contributed by atoms with van der Waals surface area (Å²) in [5, 5.41) is 34.9. The van der Waals surface area contributed by atoms with Crippen molar-refractivity contribution in [2.45, 2.75) is 64.8 Å². The highest BCUT2D eigenvalue weighted by Crippen LogP contribution is 2.67. The van der Waals surface area contributed by atoms with Crippen LogP contribution in [-0.4, -0.2) is 45.0 Å². The van der Waals surface area contributed by atoms with E-state index in [4.69, 9.17) is 4.74 Å². The monoisotopic (exact) mass is 587 g/mol. The second kappa shape index (κ2) is 9.47. The third kappa shape index (κ3) is 3.96. The maximum Gasteiger partial charge on any atom is 0.288 e. The van der Waals surface area contributed by atoms with Crippen LogP contribution in [0.25, 0.3) is 0 Å². The SMILES string of the molecule is C[C@H]1C[C@@H]2[C@H]([C@@H](O)C[C@@]3(C)[C@H]2CC[C@]3(O)C(=O)COCc2cccc(Br)c2[N+](=O)[O-])[C@@]2(C)C=CC(=O)C=C12. The van der Waals surface area contributed by atoms with Gasteiger partial charge in [-0.3, -0.25) is 19.7 Å². The highest BCUT2D eigenvalue weighted by molar-refractivity contribution is 9.10. The van der Waals surface area contributed by atoms with Crippen LogP contribution in [-0.2, 0) is 20.9 Å². The van der Waals surface area contributed by atoms with E-state index >= 15 is 0 Å². The first-order valence-corrected chi connectivity index (χ1v) is 14.0. The molecule has 0 saturated heterocycles. The number of ether oxygens (including phenoxy) is 1. The molecule has 204 valence electrons. The molecule has 5 rings (SSSR count). The van der Waals surface area contributed by atoms with E-state index in [1.54, 1.807) is 30.4 Å². The fourth-order valence-corrected chi connectivity index (χ4v) is 9.02. The number of hydrogen-bond donors (Lipinski definition) is 2. The number of nitro benzene ring substituents is 1. The Morgan fingerprint density at radius 1 is 1.32 bits per heavy atom. The second-order valence-corrected chi connectivity index (χ2v) is 12.9. The number of nitro groups is 1. The van der Waals surface area contributed by atoms with Gasteiger partial charge < -0.3 is 14.9 Å². The number of carbonyl (C=O) groups is 2. The van der Waals surface area contributed by atoms with Crippen molar-refractivity contribution in [1.29, 1.82) is 0 Å². The van der Waals surface area contributed by atoms with Gasteiger partial charge in [0.25, 0.3) is 5.69 Å². The number of halogens is 1. The molecule has 0 aliphatic heterocycles. The molecular formula is C29H34BrNO7. The number of fused-ring (bicyclic) bond motifs is 5. The highest BCUT2D eigenvalue weighted by Gasteiger charge is 2.68. The molecule has 8 atom stereocenters. The minimum atomic E-state index is -1.66. The van der Waals surface area contributed by atoms with Crippen LogP contribution < -0.4 is 0 Å². The van der Waals surface area contributed by atoms with Crippen LogP contribution in [0.4, 0.5) is 5.69 Å². The number of benzene rings is 1. The molecule has 0 heterocycles. The summed E-state index contributed by atoms with van der Waals surface area (Å²) in [6, 6.07) is 4.81. The topological polar surface area (TPSA) is 127 Å². The molecule has 0 aromatic heterocycles. The number of para-hydroxylation sites is 1. The third-order valence-electron chi connectivity index (χ3n) is 10.2. The minimum Gasteiger partial charge on any atom is -0.393 e. The van der Waals surface area contributed by atoms with E-state index in [2.05, 4.69) is 29.8 Å². The Hall–Kier alpha value is -2.20. The standard InChI is InChI=1S/C29H34BrNO7/c1-16-11-19-20-8-10-29(35,24(34)15-38-14-17-5-4-6-22(30)26(17)31(36)37)28(20,3)13-23(33)25(19)27(2)9-7-18(32)12-21(16)27/h4-7,9,12,16,19-20,23,25,33,35H,8,10-11,13-15H2,1-3H3/t16-,19-,20-,23-,25+,27-,28-,29-/m0/s1. The highest BCUT2D eigenvalue weighted by atomic mass is 79.9. The van der Waals surface area contributed by atoms with Crippen LogP contribution in [0.5, 0.6) is 0 Å². The van der Waals surface area contributed by atoms with Gasteiger partial charge in [-0.2, -0.15) is 0 Å². The molecule has 0 bridgehead atoms. The van der Waals surface area contributed by atoms with Crippen LogP contribution in [0, 0.1) is 44.6 Å². The molecule has 1 aromatic rings. The van der Waals surface area contributed by atoms with Crippen molar-refractivity contribution in [3.63, 3.8) is 0 Å². The number of Topliss-reactive ketones (excluding diaryl/α,β-unsaturated/α-hetero) is 1. The fraction of sp³-hybridized carbons (Fsp3) is 0.586. The smallest absolute Gasteiger partial charge is 0.288 e. The summed E-state index contributed by atoms with van der Waals surface area (Å²) in [6.45, 7) is 5.62. The van der Waals surface area contributed by atoms with Crippen molar-refractivity contribution < 1.29 is 29.5 Å². The summed E-state index contributed by atoms with van der Waals surface area (Å²) in [4.78, 5) is 36.6. The average Bonchev–Trinajstić information content (AvgIpc) is 3.11. The van der Waals surface area contributed by atoms with E-state index in [0.717, 1.165) is 12.0 Å². The van der Waals surface area contributed by atoms with Gasteiger partial charge in [0, 0.05) is 16.7 Å². The molecule has 0 unspecified atom stereocenters. The van der Waals surface area contributed by atoms with Gasteiger partial charge in [-0.15, -0.1) is 0 Å². The zero-order chi connectivity index (χ0) is 27.6. The van der Waals surface area contributed by atoms with Crippen molar-refractivity contribution in [3.05, 3.63) is 62.2 Å². The van der Waals surface area contributed by atoms with Gasteiger partial charge in [-0.1, -0.05) is 38.5 Å². The quantitative estimate of drug-likeness (QED) is 0.365. The number of ketones is 2. The van der Waals surface area contributed by atoms with E-state index in [1.165, 1.54) is 0 Å². The number of hydrogen-bond acceptors (Lipinski definition) is 7. The van der Waals surface area contributed by atoms with Gasteiger partial charge in [0.15, 0.2) is 11.6 Å². The van der Waals surface area contributed by atoms with E-state index in [-0.39, 0.29) is 61.2 Å². The first-order valence-electron chi connectivity index (χ1n) is 13.2. The Bertz CT molecular complexity index is 1260. The summed E-state index contributed by atoms with van der Waals surface area (Å²) in [5.74, 6) is -0.304. The van der Waals surface area contributed by atoms with E-state index in [1.807, 2.05) is 13.0 Å². The Balaban J connectivity index is 1.36. The predicted molar refractivity (Wildman–Crippen MR) is 143 cm³/mol. The van der Waals surface area contributed by atoms with E-state index in [0.29, 0.717) is 16.5 Å². The van der Waals surface area contributed by atoms with E-state index < -0.39 is 33.2 Å². The summed E-state index contributed by atoms with van der Waals surface area (Å²) >= 11 is 3.19. The van der Waals surface area contributed by atoms with Crippen molar-refractivity contribution in [2.75, 3.05) is 6.61 Å². The lowest BCUT2D eigenvalue weighted by atomic mass is 9.45. The number of nitrogens with zero attached hydrogens (tertiary/aromatic N) is 1. The molecule has 2 N–H and O–H groups in total. The summed E-state index contributed by atoms with van der Waals surface area (Å²) in [6.07, 6.45) is 6.53. The first kappa shape index (κ1) is 27.4. The molecule has 0 amide bonds. The molecule has 1 aromatic carbocycles. The zero-order valence-corrected chi connectivity index (χ0v) is 23.4. The number of rotatable bonds is 6. The Morgan fingerprint density at radius 3 is 2.76 bits per heavy atom. The summed E-state index contributed by atoms with van der Waals surface area (Å²) in [5.41, 5.74) is -1.65. The molecule has 38 heavy (non-hydrogen) atoms. The zero-order valence-electron chi connectivity index (χ0n) is 21.9. The molecule has 8 nitrogen and oxygen atoms in total. The number of carbonyl (C=O) groups excluding carboxylic acids is 2. The largest absolute Gasteiger partial charge is 0.393 e. The van der Waals surface area contributed by atoms with Crippen LogP contribution in [0.2, 0.25) is 0 Å². The van der Waals surface area contributed by atoms with Crippen molar-refractivity contribution in [3.8, 4) is 0 Å². The van der Waals surface area contributed by atoms with Crippen molar-refractivity contribution in [1.82, 2.24) is 0 Å². The fourth-order valence-electron chi connectivity index (χ4n) is 8.47. The number of aliphatic hydroxyl groups excluding tert-OH is 1. The van der Waals surface area contributed by atoms with Crippen LogP contribution >= 0.6 is 15.9 Å². The van der Waals surface area contributed by atoms with Crippen molar-refractivity contribution >= 4 is 33.2 Å². The Kier molecular flexibility index (Phi) is 6.82. The van der Waals surface area contributed by atoms with Crippen LogP contribution in [0.3, 0.4) is 0 Å². The lowest BCUT2D eigenvalue weighted by Gasteiger charge is -2.60. The lowest BCUT2D eigenvalue weighted by Crippen LogP contribution is -2.62. The molecule has 3 saturated carbocycles. The van der Waals surface area contributed by atoms with Crippen LogP contribution in [0.15, 0.2) is 46.5 Å². The second-order valence-electron chi connectivity index (χ2n) is 12.1. The first-order chi connectivity index (χ1) is 17.8. The van der Waals surface area contributed by atoms with Crippen molar-refractivity contribution in [2.24, 2.45) is 34.5 Å². The van der Waals surface area contributed by atoms with Gasteiger partial charge in [0.2, 0.25) is 0 Å². The van der Waals surface area contributed by atoms with Crippen LogP contribution in [0.1, 0.15) is 52.0 Å². The third-order valence-corrected chi connectivity index (χ3v) is 10.8. The minimum absolute atomic E-state index is 0.0213. The van der Waals surface area contributed by atoms with Gasteiger partial charge in [-0.25, -0.2) is 0 Å². The molecule has 0 radical (unpaired) electrons. The molecule has 4 aliphatic rings. The number of allylic oxidation sites excluding steroid dienone is 4.